The molecule has 0 N–H and O–H groups in total. The summed E-state index contributed by atoms with van der Waals surface area (Å²) >= 11 is 1.71. The van der Waals surface area contributed by atoms with Crippen LogP contribution in [-0.4, -0.2) is 47.8 Å². The largest absolute Gasteiger partial charge is 0.496 e. The molecule has 3 rings (SSSR count). The number of hydrogen-bond acceptors (Lipinski definition) is 6. The van der Waals surface area contributed by atoms with Crippen molar-refractivity contribution in [3.8, 4) is 5.88 Å². The van der Waals surface area contributed by atoms with Crippen molar-refractivity contribution in [3.63, 3.8) is 0 Å². The normalized spacial score (nSPS) is 23.4. The number of aromatic nitrogens is 1. The van der Waals surface area contributed by atoms with Crippen molar-refractivity contribution in [2.24, 2.45) is 0 Å². The van der Waals surface area contributed by atoms with E-state index < -0.39 is 7.12 Å². The molecule has 7 heteroatoms. The van der Waals surface area contributed by atoms with E-state index >= 15 is 0 Å². The quantitative estimate of drug-likeness (QED) is 0.622. The Bertz CT molecular complexity index is 560. The van der Waals surface area contributed by atoms with Gasteiger partial charge in [0.05, 0.1) is 23.2 Å². The minimum atomic E-state index is -0.392. The van der Waals surface area contributed by atoms with Crippen molar-refractivity contribution in [1.29, 1.82) is 0 Å². The molecule has 0 unspecified atom stereocenters. The molecule has 0 amide bonds. The lowest BCUT2D eigenvalue weighted by molar-refractivity contribution is 0.00578. The third-order valence-corrected chi connectivity index (χ3v) is 5.96. The SMILES string of the molecule is COc1ncc(B2OC(C)(C)C(C)(C)O2)cc1SN1CCCC1. The maximum Gasteiger partial charge on any atom is 0.496 e. The van der Waals surface area contributed by atoms with Crippen LogP contribution in [0.1, 0.15) is 40.5 Å². The van der Waals surface area contributed by atoms with Gasteiger partial charge in [0, 0.05) is 24.7 Å². The van der Waals surface area contributed by atoms with E-state index in [1.807, 2.05) is 0 Å². The summed E-state index contributed by atoms with van der Waals surface area (Å²) in [6, 6.07) is 2.08. The minimum Gasteiger partial charge on any atom is -0.480 e. The van der Waals surface area contributed by atoms with Gasteiger partial charge in [0.2, 0.25) is 5.88 Å². The van der Waals surface area contributed by atoms with Gasteiger partial charge in [-0.1, -0.05) is 0 Å². The van der Waals surface area contributed by atoms with E-state index in [0.29, 0.717) is 5.88 Å². The summed E-state index contributed by atoms with van der Waals surface area (Å²) in [7, 11) is 1.27. The Hall–Kier alpha value is -0.755. The first-order valence-corrected chi connectivity index (χ1v) is 8.92. The van der Waals surface area contributed by atoms with E-state index in [1.165, 1.54) is 12.8 Å². The second-order valence-electron chi connectivity index (χ2n) is 7.09. The molecule has 23 heavy (non-hydrogen) atoms. The van der Waals surface area contributed by atoms with Crippen LogP contribution >= 0.6 is 11.9 Å². The van der Waals surface area contributed by atoms with Gasteiger partial charge in [0.25, 0.3) is 0 Å². The summed E-state index contributed by atoms with van der Waals surface area (Å²) in [5.41, 5.74) is 0.242. The average molecular weight is 336 g/mol. The maximum absolute atomic E-state index is 6.12. The predicted octanol–water partition coefficient (Wildman–Crippen LogP) is 2.49. The van der Waals surface area contributed by atoms with Crippen molar-refractivity contribution < 1.29 is 14.0 Å². The molecule has 1 aromatic rings. The smallest absolute Gasteiger partial charge is 0.480 e. The molecule has 2 fully saturated rings. The third kappa shape index (κ3) is 3.38. The first-order valence-electron chi connectivity index (χ1n) is 8.15. The topological polar surface area (TPSA) is 43.8 Å². The number of methoxy groups -OCH3 is 1. The van der Waals surface area contributed by atoms with Crippen LogP contribution in [0, 0.1) is 0 Å². The van der Waals surface area contributed by atoms with Crippen molar-refractivity contribution in [3.05, 3.63) is 12.3 Å². The van der Waals surface area contributed by atoms with Crippen molar-refractivity contribution in [2.45, 2.75) is 56.6 Å². The molecule has 2 saturated heterocycles. The number of nitrogens with zero attached hydrogens (tertiary/aromatic N) is 2. The zero-order chi connectivity index (χ0) is 16.7. The number of ether oxygens (including phenoxy) is 1. The van der Waals surface area contributed by atoms with Crippen LogP contribution in [0.2, 0.25) is 0 Å². The Balaban J connectivity index is 1.83. The zero-order valence-corrected chi connectivity index (χ0v) is 15.4. The molecule has 0 radical (unpaired) electrons. The highest BCUT2D eigenvalue weighted by Crippen LogP contribution is 2.37. The standard InChI is InChI=1S/C16H25BN2O3S/c1-15(2)16(3,4)22-17(21-15)12-10-13(14(20-5)18-11-12)23-19-8-6-7-9-19/h10-11H,6-9H2,1-5H3. The van der Waals surface area contributed by atoms with Gasteiger partial charge in [-0.3, -0.25) is 0 Å². The van der Waals surface area contributed by atoms with Crippen LogP contribution in [0.15, 0.2) is 17.2 Å². The molecule has 0 atom stereocenters. The van der Waals surface area contributed by atoms with Gasteiger partial charge >= 0.3 is 7.12 Å². The minimum absolute atomic E-state index is 0.347. The zero-order valence-electron chi connectivity index (χ0n) is 14.6. The van der Waals surface area contributed by atoms with Crippen LogP contribution in [0.25, 0.3) is 0 Å². The predicted molar refractivity (Wildman–Crippen MR) is 93.2 cm³/mol. The number of hydrogen-bond donors (Lipinski definition) is 0. The molecule has 0 aliphatic carbocycles. The van der Waals surface area contributed by atoms with Crippen molar-refractivity contribution in [1.82, 2.24) is 9.29 Å². The maximum atomic E-state index is 6.12. The first kappa shape index (κ1) is 17.1. The fourth-order valence-corrected chi connectivity index (χ4v) is 3.81. The first-order chi connectivity index (χ1) is 10.8. The Morgan fingerprint density at radius 3 is 2.35 bits per heavy atom. The Morgan fingerprint density at radius 2 is 1.78 bits per heavy atom. The van der Waals surface area contributed by atoms with E-state index in [4.69, 9.17) is 14.0 Å². The highest BCUT2D eigenvalue weighted by atomic mass is 32.2. The van der Waals surface area contributed by atoms with Gasteiger partial charge in [-0.25, -0.2) is 9.29 Å². The Morgan fingerprint density at radius 1 is 1.17 bits per heavy atom. The Labute approximate surface area is 143 Å². The lowest BCUT2D eigenvalue weighted by Crippen LogP contribution is -2.41. The highest BCUT2D eigenvalue weighted by molar-refractivity contribution is 7.97. The van der Waals surface area contributed by atoms with Crippen LogP contribution in [0.5, 0.6) is 5.88 Å². The molecule has 0 saturated carbocycles. The molecule has 0 spiro atoms. The number of rotatable bonds is 4. The molecule has 2 aliphatic rings. The summed E-state index contributed by atoms with van der Waals surface area (Å²) < 4.78 is 20.0. The molecule has 3 heterocycles. The van der Waals surface area contributed by atoms with Gasteiger partial charge in [0.1, 0.15) is 0 Å². The van der Waals surface area contributed by atoms with Crippen molar-refractivity contribution in [2.75, 3.05) is 20.2 Å². The van der Waals surface area contributed by atoms with E-state index in [1.54, 1.807) is 25.3 Å². The van der Waals surface area contributed by atoms with Crippen LogP contribution in [0.4, 0.5) is 0 Å². The summed E-state index contributed by atoms with van der Waals surface area (Å²) in [5.74, 6) is 0.655. The molecule has 0 aromatic carbocycles. The van der Waals surface area contributed by atoms with Gasteiger partial charge in [-0.15, -0.1) is 0 Å². The highest BCUT2D eigenvalue weighted by Gasteiger charge is 2.52. The lowest BCUT2D eigenvalue weighted by Gasteiger charge is -2.32. The van der Waals surface area contributed by atoms with Gasteiger partial charge in [0.15, 0.2) is 0 Å². The van der Waals surface area contributed by atoms with Crippen LogP contribution in [0.3, 0.4) is 0 Å². The summed E-state index contributed by atoms with van der Waals surface area (Å²) in [4.78, 5) is 5.46. The molecule has 1 aromatic heterocycles. The van der Waals surface area contributed by atoms with Gasteiger partial charge < -0.3 is 14.0 Å². The van der Waals surface area contributed by atoms with Gasteiger partial charge in [-0.2, -0.15) is 0 Å². The van der Waals surface area contributed by atoms with E-state index in [0.717, 1.165) is 23.4 Å². The fourth-order valence-electron chi connectivity index (χ4n) is 2.69. The molecular weight excluding hydrogens is 311 g/mol. The van der Waals surface area contributed by atoms with E-state index in [2.05, 4.69) is 43.1 Å². The molecular formula is C16H25BN2O3S. The van der Waals surface area contributed by atoms with E-state index in [-0.39, 0.29) is 11.2 Å². The van der Waals surface area contributed by atoms with Crippen LogP contribution in [-0.2, 0) is 9.31 Å². The monoisotopic (exact) mass is 336 g/mol. The van der Waals surface area contributed by atoms with Crippen molar-refractivity contribution >= 4 is 24.5 Å². The average Bonchev–Trinajstić information content (AvgIpc) is 3.05. The summed E-state index contributed by atoms with van der Waals surface area (Å²) in [6.45, 7) is 10.4. The molecule has 2 aliphatic heterocycles. The fraction of sp³-hybridized carbons (Fsp3) is 0.688. The molecule has 0 bridgehead atoms. The van der Waals surface area contributed by atoms with Gasteiger partial charge in [-0.05, 0) is 58.6 Å². The number of pyridine rings is 1. The molecule has 126 valence electrons. The lowest BCUT2D eigenvalue weighted by atomic mass is 9.80. The van der Waals surface area contributed by atoms with Crippen LogP contribution < -0.4 is 10.2 Å². The summed E-state index contributed by atoms with van der Waals surface area (Å²) in [6.07, 6.45) is 4.29. The summed E-state index contributed by atoms with van der Waals surface area (Å²) in [5, 5.41) is 0. The second-order valence-corrected chi connectivity index (χ2v) is 8.23. The third-order valence-electron chi connectivity index (χ3n) is 4.85. The second kappa shape index (κ2) is 6.28. The molecule has 5 nitrogen and oxygen atoms in total. The van der Waals surface area contributed by atoms with E-state index in [9.17, 15) is 0 Å². The Kier molecular flexibility index (Phi) is 4.66.